The molecule has 1 saturated heterocycles. The molecular formula is C13H17BrO3. The van der Waals surface area contributed by atoms with Crippen LogP contribution in [0.5, 0.6) is 5.75 Å². The fourth-order valence-electron chi connectivity index (χ4n) is 2.22. The van der Waals surface area contributed by atoms with Gasteiger partial charge in [-0.05, 0) is 53.4 Å². The predicted molar refractivity (Wildman–Crippen MR) is 69.2 cm³/mol. The summed E-state index contributed by atoms with van der Waals surface area (Å²) in [5, 5.41) is 10.4. The van der Waals surface area contributed by atoms with Crippen molar-refractivity contribution in [1.29, 1.82) is 0 Å². The molecule has 1 aliphatic rings. The molecule has 0 radical (unpaired) electrons. The van der Waals surface area contributed by atoms with Crippen molar-refractivity contribution in [3.05, 3.63) is 28.2 Å². The SMILES string of the molecule is COc1ccc(C(O)C2(C)CCCO2)cc1Br. The molecule has 1 fully saturated rings. The van der Waals surface area contributed by atoms with Crippen LogP contribution in [-0.2, 0) is 4.74 Å². The highest BCUT2D eigenvalue weighted by atomic mass is 79.9. The van der Waals surface area contributed by atoms with Crippen molar-refractivity contribution >= 4 is 15.9 Å². The summed E-state index contributed by atoms with van der Waals surface area (Å²) in [4.78, 5) is 0. The predicted octanol–water partition coefficient (Wildman–Crippen LogP) is 3.06. The Balaban J connectivity index is 2.25. The van der Waals surface area contributed by atoms with Crippen LogP contribution >= 0.6 is 15.9 Å². The van der Waals surface area contributed by atoms with E-state index in [0.29, 0.717) is 0 Å². The van der Waals surface area contributed by atoms with Crippen molar-refractivity contribution < 1.29 is 14.6 Å². The van der Waals surface area contributed by atoms with Gasteiger partial charge in [-0.25, -0.2) is 0 Å². The first kappa shape index (κ1) is 12.9. The number of aliphatic hydroxyl groups is 1. The molecule has 1 aromatic carbocycles. The van der Waals surface area contributed by atoms with Crippen LogP contribution in [0.3, 0.4) is 0 Å². The van der Waals surface area contributed by atoms with Crippen molar-refractivity contribution in [3.8, 4) is 5.75 Å². The van der Waals surface area contributed by atoms with E-state index in [-0.39, 0.29) is 0 Å². The quantitative estimate of drug-likeness (QED) is 0.932. The topological polar surface area (TPSA) is 38.7 Å². The van der Waals surface area contributed by atoms with Crippen LogP contribution < -0.4 is 4.74 Å². The summed E-state index contributed by atoms with van der Waals surface area (Å²) >= 11 is 3.42. The smallest absolute Gasteiger partial charge is 0.133 e. The first-order valence-electron chi connectivity index (χ1n) is 5.72. The number of ether oxygens (including phenoxy) is 2. The summed E-state index contributed by atoms with van der Waals surface area (Å²) in [7, 11) is 1.62. The van der Waals surface area contributed by atoms with E-state index in [1.54, 1.807) is 7.11 Å². The second-order valence-corrected chi connectivity index (χ2v) is 5.42. The van der Waals surface area contributed by atoms with Crippen LogP contribution in [-0.4, -0.2) is 24.4 Å². The van der Waals surface area contributed by atoms with Gasteiger partial charge in [0, 0.05) is 6.61 Å². The maximum Gasteiger partial charge on any atom is 0.133 e. The van der Waals surface area contributed by atoms with Crippen molar-refractivity contribution in [2.75, 3.05) is 13.7 Å². The van der Waals surface area contributed by atoms with Crippen LogP contribution in [0, 0.1) is 0 Å². The van der Waals surface area contributed by atoms with E-state index < -0.39 is 11.7 Å². The zero-order valence-corrected chi connectivity index (χ0v) is 11.7. The molecule has 4 heteroatoms. The van der Waals surface area contributed by atoms with Gasteiger partial charge in [-0.3, -0.25) is 0 Å². The van der Waals surface area contributed by atoms with E-state index in [4.69, 9.17) is 9.47 Å². The largest absolute Gasteiger partial charge is 0.496 e. The minimum Gasteiger partial charge on any atom is -0.496 e. The van der Waals surface area contributed by atoms with Gasteiger partial charge in [0.1, 0.15) is 11.9 Å². The van der Waals surface area contributed by atoms with Crippen molar-refractivity contribution in [2.45, 2.75) is 31.5 Å². The number of rotatable bonds is 3. The number of methoxy groups -OCH3 is 1. The van der Waals surface area contributed by atoms with Gasteiger partial charge in [0.25, 0.3) is 0 Å². The molecule has 0 spiro atoms. The second-order valence-electron chi connectivity index (χ2n) is 4.56. The third kappa shape index (κ3) is 2.49. The standard InChI is InChI=1S/C13H17BrO3/c1-13(6-3-7-17-13)12(15)9-4-5-11(16-2)10(14)8-9/h4-5,8,12,15H,3,6-7H2,1-2H3. The third-order valence-corrected chi connectivity index (χ3v) is 3.94. The van der Waals surface area contributed by atoms with E-state index >= 15 is 0 Å². The van der Waals surface area contributed by atoms with Crippen LogP contribution in [0.1, 0.15) is 31.4 Å². The molecule has 3 nitrogen and oxygen atoms in total. The highest BCUT2D eigenvalue weighted by Gasteiger charge is 2.38. The lowest BCUT2D eigenvalue weighted by Crippen LogP contribution is -2.31. The zero-order valence-electron chi connectivity index (χ0n) is 10.1. The van der Waals surface area contributed by atoms with Crippen molar-refractivity contribution in [1.82, 2.24) is 0 Å². The molecule has 1 aliphatic heterocycles. The van der Waals surface area contributed by atoms with E-state index in [0.717, 1.165) is 35.2 Å². The van der Waals surface area contributed by atoms with Gasteiger partial charge in [-0.1, -0.05) is 6.07 Å². The Morgan fingerprint density at radius 1 is 1.53 bits per heavy atom. The highest BCUT2D eigenvalue weighted by molar-refractivity contribution is 9.10. The van der Waals surface area contributed by atoms with E-state index in [1.807, 2.05) is 25.1 Å². The molecule has 0 saturated carbocycles. The third-order valence-electron chi connectivity index (χ3n) is 3.32. The van der Waals surface area contributed by atoms with Crippen LogP contribution in [0.4, 0.5) is 0 Å². The lowest BCUT2D eigenvalue weighted by atomic mass is 9.90. The molecule has 1 aromatic rings. The van der Waals surface area contributed by atoms with Crippen LogP contribution in [0.25, 0.3) is 0 Å². The second kappa shape index (κ2) is 4.96. The Bertz CT molecular complexity index is 400. The molecule has 1 heterocycles. The lowest BCUT2D eigenvalue weighted by molar-refractivity contribution is -0.0796. The molecule has 0 aromatic heterocycles. The fraction of sp³-hybridized carbons (Fsp3) is 0.538. The summed E-state index contributed by atoms with van der Waals surface area (Å²) in [6, 6.07) is 5.61. The van der Waals surface area contributed by atoms with Gasteiger partial charge in [-0.15, -0.1) is 0 Å². The molecule has 17 heavy (non-hydrogen) atoms. The maximum absolute atomic E-state index is 10.4. The summed E-state index contributed by atoms with van der Waals surface area (Å²) in [5.74, 6) is 0.762. The molecule has 2 rings (SSSR count). The summed E-state index contributed by atoms with van der Waals surface area (Å²) in [6.07, 6.45) is 1.29. The highest BCUT2D eigenvalue weighted by Crippen LogP contribution is 2.39. The maximum atomic E-state index is 10.4. The molecule has 1 N–H and O–H groups in total. The average Bonchev–Trinajstić information content (AvgIpc) is 2.76. The van der Waals surface area contributed by atoms with E-state index in [9.17, 15) is 5.11 Å². The Hall–Kier alpha value is -0.580. The Kier molecular flexibility index (Phi) is 3.76. The molecule has 94 valence electrons. The van der Waals surface area contributed by atoms with Gasteiger partial charge < -0.3 is 14.6 Å². The monoisotopic (exact) mass is 300 g/mol. The molecular weight excluding hydrogens is 284 g/mol. The minimum atomic E-state index is -0.604. The normalized spacial score (nSPS) is 25.9. The average molecular weight is 301 g/mol. The fourth-order valence-corrected chi connectivity index (χ4v) is 2.78. The van der Waals surface area contributed by atoms with Gasteiger partial charge >= 0.3 is 0 Å². The molecule has 0 bridgehead atoms. The number of aliphatic hydroxyl groups excluding tert-OH is 1. The lowest BCUT2D eigenvalue weighted by Gasteiger charge is -2.29. The molecule has 0 amide bonds. The summed E-state index contributed by atoms with van der Waals surface area (Å²) in [6.45, 7) is 2.69. The molecule has 2 atom stereocenters. The Morgan fingerprint density at radius 2 is 2.29 bits per heavy atom. The molecule has 2 unspecified atom stereocenters. The zero-order chi connectivity index (χ0) is 12.5. The Labute approximate surface area is 110 Å². The minimum absolute atomic E-state index is 0.464. The van der Waals surface area contributed by atoms with Gasteiger partial charge in [-0.2, -0.15) is 0 Å². The first-order chi connectivity index (χ1) is 8.07. The number of benzene rings is 1. The summed E-state index contributed by atoms with van der Waals surface area (Å²) in [5.41, 5.74) is 0.385. The van der Waals surface area contributed by atoms with Gasteiger partial charge in [0.2, 0.25) is 0 Å². The number of halogens is 1. The van der Waals surface area contributed by atoms with Crippen molar-refractivity contribution in [2.24, 2.45) is 0 Å². The summed E-state index contributed by atoms with van der Waals surface area (Å²) < 4.78 is 11.7. The van der Waals surface area contributed by atoms with Crippen LogP contribution in [0.15, 0.2) is 22.7 Å². The number of hydrogen-bond donors (Lipinski definition) is 1. The Morgan fingerprint density at radius 3 is 2.82 bits per heavy atom. The van der Waals surface area contributed by atoms with Gasteiger partial charge in [0.15, 0.2) is 0 Å². The van der Waals surface area contributed by atoms with Crippen LogP contribution in [0.2, 0.25) is 0 Å². The van der Waals surface area contributed by atoms with Gasteiger partial charge in [0.05, 0.1) is 17.2 Å². The first-order valence-corrected chi connectivity index (χ1v) is 6.51. The molecule has 0 aliphatic carbocycles. The van der Waals surface area contributed by atoms with E-state index in [2.05, 4.69) is 15.9 Å². The van der Waals surface area contributed by atoms with Crippen molar-refractivity contribution in [3.63, 3.8) is 0 Å². The van der Waals surface area contributed by atoms with E-state index in [1.165, 1.54) is 0 Å². The number of hydrogen-bond acceptors (Lipinski definition) is 3.